The van der Waals surface area contributed by atoms with E-state index in [9.17, 15) is 14.7 Å². The Morgan fingerprint density at radius 3 is 2.61 bits per heavy atom. The largest absolute Gasteiger partial charge is 0.550 e. The van der Waals surface area contributed by atoms with Gasteiger partial charge in [-0.05, 0) is 17.7 Å². The van der Waals surface area contributed by atoms with Gasteiger partial charge in [-0.3, -0.25) is 4.79 Å². The molecule has 0 saturated carbocycles. The number of ether oxygens (including phenoxy) is 1. The molecular formula is C13H14NO4-. The number of carbonyl (C=O) groups excluding carboxylic acids is 2. The molecule has 1 heterocycles. The maximum atomic E-state index is 11.6. The zero-order valence-corrected chi connectivity index (χ0v) is 10.1. The predicted molar refractivity (Wildman–Crippen MR) is 61.5 cm³/mol. The second kappa shape index (κ2) is 5.08. The number of carboxylic acids is 1. The number of hydrogen-bond donors (Lipinski definition) is 0. The highest BCUT2D eigenvalue weighted by atomic mass is 16.5. The molecular weight excluding hydrogens is 234 g/mol. The number of hydrogen-bond acceptors (Lipinski definition) is 4. The van der Waals surface area contributed by atoms with Crippen LogP contribution in [0.25, 0.3) is 0 Å². The normalized spacial score (nSPS) is 19.1. The first kappa shape index (κ1) is 12.4. The van der Waals surface area contributed by atoms with E-state index in [1.165, 1.54) is 0 Å². The van der Waals surface area contributed by atoms with Gasteiger partial charge in [0, 0.05) is 31.4 Å². The van der Waals surface area contributed by atoms with E-state index < -0.39 is 11.9 Å². The summed E-state index contributed by atoms with van der Waals surface area (Å²) in [4.78, 5) is 23.9. The Bertz CT molecular complexity index is 455. The van der Waals surface area contributed by atoms with E-state index in [-0.39, 0.29) is 18.9 Å². The summed E-state index contributed by atoms with van der Waals surface area (Å²) in [5, 5.41) is 10.7. The van der Waals surface area contributed by atoms with Crippen molar-refractivity contribution in [1.29, 1.82) is 0 Å². The summed E-state index contributed by atoms with van der Waals surface area (Å²) >= 11 is 0. The fraction of sp³-hybridized carbons (Fsp3) is 0.385. The van der Waals surface area contributed by atoms with Crippen LogP contribution in [-0.2, 0) is 16.1 Å². The van der Waals surface area contributed by atoms with E-state index in [0.717, 1.165) is 11.3 Å². The van der Waals surface area contributed by atoms with Crippen molar-refractivity contribution < 1.29 is 19.4 Å². The molecule has 0 aromatic heterocycles. The van der Waals surface area contributed by atoms with E-state index in [1.807, 2.05) is 24.3 Å². The van der Waals surface area contributed by atoms with Gasteiger partial charge in [0.1, 0.15) is 5.75 Å². The molecule has 5 nitrogen and oxygen atoms in total. The van der Waals surface area contributed by atoms with Gasteiger partial charge in [-0.1, -0.05) is 12.1 Å². The minimum absolute atomic E-state index is 0.0402. The SMILES string of the molecule is COc1ccc(CN2C[C@H](C(=O)[O-])CC2=O)cc1. The molecule has 1 aromatic carbocycles. The van der Waals surface area contributed by atoms with Crippen LogP contribution in [0.1, 0.15) is 12.0 Å². The van der Waals surface area contributed by atoms with Crippen LogP contribution in [0.4, 0.5) is 0 Å². The lowest BCUT2D eigenvalue weighted by Gasteiger charge is -2.17. The first-order valence-corrected chi connectivity index (χ1v) is 5.71. The van der Waals surface area contributed by atoms with Gasteiger partial charge in [0.15, 0.2) is 0 Å². The highest BCUT2D eigenvalue weighted by molar-refractivity contribution is 5.85. The molecule has 1 aromatic rings. The number of methoxy groups -OCH3 is 1. The smallest absolute Gasteiger partial charge is 0.223 e. The maximum Gasteiger partial charge on any atom is 0.223 e. The predicted octanol–water partition coefficient (Wildman–Crippen LogP) is -0.206. The van der Waals surface area contributed by atoms with Crippen LogP contribution in [0.15, 0.2) is 24.3 Å². The molecule has 2 rings (SSSR count). The Labute approximate surface area is 105 Å². The topological polar surface area (TPSA) is 69.7 Å². The maximum absolute atomic E-state index is 11.6. The number of nitrogens with zero attached hydrogens (tertiary/aromatic N) is 1. The lowest BCUT2D eigenvalue weighted by molar-refractivity contribution is -0.311. The van der Waals surface area contributed by atoms with Gasteiger partial charge >= 0.3 is 0 Å². The molecule has 18 heavy (non-hydrogen) atoms. The summed E-state index contributed by atoms with van der Waals surface area (Å²) in [6, 6.07) is 7.34. The summed E-state index contributed by atoms with van der Waals surface area (Å²) in [6.07, 6.45) is 0.0402. The lowest BCUT2D eigenvalue weighted by Crippen LogP contribution is -2.33. The summed E-state index contributed by atoms with van der Waals surface area (Å²) in [6.45, 7) is 0.653. The molecule has 0 radical (unpaired) electrons. The minimum Gasteiger partial charge on any atom is -0.550 e. The summed E-state index contributed by atoms with van der Waals surface area (Å²) < 4.78 is 5.04. The molecule has 0 N–H and O–H groups in total. The van der Waals surface area contributed by atoms with Gasteiger partial charge in [0.05, 0.1) is 7.11 Å². The van der Waals surface area contributed by atoms with Crippen LogP contribution in [0.3, 0.4) is 0 Å². The van der Waals surface area contributed by atoms with Crippen molar-refractivity contribution in [2.24, 2.45) is 5.92 Å². The molecule has 96 valence electrons. The van der Waals surface area contributed by atoms with Crippen LogP contribution in [0.5, 0.6) is 5.75 Å². The monoisotopic (exact) mass is 248 g/mol. The molecule has 0 aliphatic carbocycles. The summed E-state index contributed by atoms with van der Waals surface area (Å²) in [7, 11) is 1.59. The van der Waals surface area contributed by atoms with E-state index >= 15 is 0 Å². The summed E-state index contributed by atoms with van der Waals surface area (Å²) in [5.41, 5.74) is 0.947. The first-order valence-electron chi connectivity index (χ1n) is 5.71. The Kier molecular flexibility index (Phi) is 3.50. The number of likely N-dealkylation sites (tertiary alicyclic amines) is 1. The van der Waals surface area contributed by atoms with Gasteiger partial charge in [0.2, 0.25) is 5.91 Å². The molecule has 5 heteroatoms. The Morgan fingerprint density at radius 1 is 1.44 bits per heavy atom. The highest BCUT2D eigenvalue weighted by Crippen LogP contribution is 2.20. The van der Waals surface area contributed by atoms with Crippen molar-refractivity contribution in [3.8, 4) is 5.75 Å². The Balaban J connectivity index is 2.01. The average Bonchev–Trinajstić information content (AvgIpc) is 2.72. The third kappa shape index (κ3) is 2.61. The molecule has 0 bridgehead atoms. The Hall–Kier alpha value is -2.04. The molecule has 1 atom stereocenters. The van der Waals surface area contributed by atoms with E-state index in [4.69, 9.17) is 4.74 Å². The number of amides is 1. The van der Waals surface area contributed by atoms with Crippen molar-refractivity contribution in [3.63, 3.8) is 0 Å². The molecule has 0 unspecified atom stereocenters. The Morgan fingerprint density at radius 2 is 2.11 bits per heavy atom. The van der Waals surface area contributed by atoms with Gasteiger partial charge in [-0.2, -0.15) is 0 Å². The average molecular weight is 248 g/mol. The highest BCUT2D eigenvalue weighted by Gasteiger charge is 2.30. The van der Waals surface area contributed by atoms with Crippen LogP contribution in [-0.4, -0.2) is 30.4 Å². The second-order valence-electron chi connectivity index (χ2n) is 4.34. The van der Waals surface area contributed by atoms with Crippen LogP contribution >= 0.6 is 0 Å². The molecule has 1 saturated heterocycles. The first-order chi connectivity index (χ1) is 8.60. The zero-order chi connectivity index (χ0) is 13.1. The fourth-order valence-corrected chi connectivity index (χ4v) is 2.03. The number of carboxylic acid groups (broad SMARTS) is 1. The van der Waals surface area contributed by atoms with E-state index in [1.54, 1.807) is 12.0 Å². The summed E-state index contributed by atoms with van der Waals surface area (Å²) in [5.74, 6) is -1.23. The second-order valence-corrected chi connectivity index (χ2v) is 4.34. The van der Waals surface area contributed by atoms with Gasteiger partial charge in [-0.15, -0.1) is 0 Å². The van der Waals surface area contributed by atoms with Crippen molar-refractivity contribution >= 4 is 11.9 Å². The van der Waals surface area contributed by atoms with E-state index in [0.29, 0.717) is 6.54 Å². The molecule has 1 aliphatic heterocycles. The fourth-order valence-electron chi connectivity index (χ4n) is 2.03. The van der Waals surface area contributed by atoms with Crippen molar-refractivity contribution in [2.45, 2.75) is 13.0 Å². The van der Waals surface area contributed by atoms with Crippen molar-refractivity contribution in [3.05, 3.63) is 29.8 Å². The van der Waals surface area contributed by atoms with Crippen LogP contribution in [0, 0.1) is 5.92 Å². The van der Waals surface area contributed by atoms with Gasteiger partial charge < -0.3 is 19.5 Å². The number of aliphatic carboxylic acids is 1. The van der Waals surface area contributed by atoms with Crippen molar-refractivity contribution in [1.82, 2.24) is 4.90 Å². The molecule has 1 aliphatic rings. The lowest BCUT2D eigenvalue weighted by atomic mass is 10.1. The minimum atomic E-state index is -1.15. The molecule has 0 spiro atoms. The van der Waals surface area contributed by atoms with Gasteiger partial charge in [0.25, 0.3) is 0 Å². The van der Waals surface area contributed by atoms with Gasteiger partial charge in [-0.25, -0.2) is 0 Å². The van der Waals surface area contributed by atoms with Crippen LogP contribution < -0.4 is 9.84 Å². The standard InChI is InChI=1S/C13H15NO4/c1-18-11-4-2-9(3-5-11)7-14-8-10(13(16)17)6-12(14)15/h2-5,10H,6-8H2,1H3,(H,16,17)/p-1/t10-/m1/s1. The zero-order valence-electron chi connectivity index (χ0n) is 10.1. The third-order valence-electron chi connectivity index (χ3n) is 3.08. The van der Waals surface area contributed by atoms with Crippen LogP contribution in [0.2, 0.25) is 0 Å². The van der Waals surface area contributed by atoms with E-state index in [2.05, 4.69) is 0 Å². The van der Waals surface area contributed by atoms with Crippen molar-refractivity contribution in [2.75, 3.05) is 13.7 Å². The number of carbonyl (C=O) groups is 2. The quantitative estimate of drug-likeness (QED) is 0.739. The molecule has 1 amide bonds. The number of benzene rings is 1. The third-order valence-corrected chi connectivity index (χ3v) is 3.08. The number of rotatable bonds is 4. The molecule has 1 fully saturated rings.